The van der Waals surface area contributed by atoms with Crippen LogP contribution in [0.5, 0.6) is 0 Å². The molecule has 0 atom stereocenters. The van der Waals surface area contributed by atoms with Gasteiger partial charge in [0, 0.05) is 39.2 Å². The van der Waals surface area contributed by atoms with E-state index in [1.165, 1.54) is 144 Å². The minimum absolute atomic E-state index is 0.198. The Morgan fingerprint density at radius 3 is 1.53 bits per heavy atom. The first-order valence-electron chi connectivity index (χ1n) is 26.4. The van der Waals surface area contributed by atoms with Crippen LogP contribution in [0.1, 0.15) is 75.9 Å². The average molecular weight is 935 g/mol. The van der Waals surface area contributed by atoms with E-state index in [9.17, 15) is 0 Å². The van der Waals surface area contributed by atoms with Gasteiger partial charge in [0.25, 0.3) is 0 Å². The largest absolute Gasteiger partial charge is 0.310 e. The zero-order valence-corrected chi connectivity index (χ0v) is 41.4. The quantitative estimate of drug-likeness (QED) is 0.162. The van der Waals surface area contributed by atoms with E-state index in [2.05, 4.69) is 242 Å². The van der Waals surface area contributed by atoms with Crippen LogP contribution in [-0.4, -0.2) is 0 Å². The van der Waals surface area contributed by atoms with E-state index in [0.29, 0.717) is 0 Å². The van der Waals surface area contributed by atoms with Gasteiger partial charge in [-0.15, -0.1) is 0 Å². The standard InChI is InChI=1S/C71H54N2/c1-71(2)64-35-45(26-33-61(64)62-34-32-59(44-65(62)71)72-67-40-51-17-7-3-13-47(51)36-55(67)28-29-56-37-48-14-4-8-18-52(48)41-68(56)72)25-27-46-21-11-23-63-60(46)22-12-24-66(63)73-69-42-53-19-9-5-15-49(53)38-57(69)30-31-58-39-50-16-6-10-20-54(50)43-70(58)73/h3-7,9-17,19-27,32-44H,8,18,28-31H2,1-2H3/b27-25+. The van der Waals surface area contributed by atoms with Gasteiger partial charge >= 0.3 is 0 Å². The van der Waals surface area contributed by atoms with Gasteiger partial charge in [0.2, 0.25) is 0 Å². The summed E-state index contributed by atoms with van der Waals surface area (Å²) in [6.07, 6.45) is 15.5. The van der Waals surface area contributed by atoms with Crippen molar-refractivity contribution in [2.24, 2.45) is 0 Å². The second-order valence-electron chi connectivity index (χ2n) is 21.5. The van der Waals surface area contributed by atoms with E-state index in [0.717, 1.165) is 38.5 Å². The van der Waals surface area contributed by atoms with E-state index in [4.69, 9.17) is 0 Å². The minimum Gasteiger partial charge on any atom is -0.310 e. The molecule has 2 heterocycles. The van der Waals surface area contributed by atoms with Crippen LogP contribution in [0.25, 0.3) is 72.4 Å². The van der Waals surface area contributed by atoms with Crippen LogP contribution in [-0.2, 0) is 37.5 Å². The zero-order valence-electron chi connectivity index (χ0n) is 41.4. The summed E-state index contributed by atoms with van der Waals surface area (Å²) in [7, 11) is 0. The van der Waals surface area contributed by atoms with Crippen molar-refractivity contribution in [1.29, 1.82) is 0 Å². The molecule has 2 aliphatic heterocycles. The Hall–Kier alpha value is -8.46. The molecule has 0 aromatic heterocycles. The third-order valence-corrected chi connectivity index (χ3v) is 16.9. The molecule has 0 amide bonds. The summed E-state index contributed by atoms with van der Waals surface area (Å²) in [5.74, 6) is 0. The molecule has 0 saturated carbocycles. The molecule has 2 nitrogen and oxygen atoms in total. The van der Waals surface area contributed by atoms with Crippen molar-refractivity contribution >= 4 is 95.4 Å². The summed E-state index contributed by atoms with van der Waals surface area (Å²) in [5, 5.41) is 10.2. The van der Waals surface area contributed by atoms with Crippen molar-refractivity contribution in [2.75, 3.05) is 9.80 Å². The van der Waals surface area contributed by atoms with Gasteiger partial charge in [0.05, 0.1) is 5.69 Å². The molecule has 11 aromatic carbocycles. The summed E-state index contributed by atoms with van der Waals surface area (Å²) in [6.45, 7) is 4.85. The van der Waals surface area contributed by atoms with E-state index in [-0.39, 0.29) is 5.41 Å². The van der Waals surface area contributed by atoms with Crippen molar-refractivity contribution < 1.29 is 0 Å². The van der Waals surface area contributed by atoms with Gasteiger partial charge in [-0.2, -0.15) is 0 Å². The maximum absolute atomic E-state index is 2.60. The Bertz CT molecular complexity index is 4120. The number of nitrogens with zero attached hydrogens (tertiary/aromatic N) is 2. The molecule has 4 aliphatic rings. The SMILES string of the molecule is CC1(C)c2cc(/C=C/c3cccc4c(N5c6cc7ccccc7cc6CCc6cc7ccccc7cc65)cccc34)ccc2-c2ccc(N3c4cc5c(cc4CCc4cc6ccccc6cc43)C=CCC5)cc21. The number of hydrogen-bond acceptors (Lipinski definition) is 2. The lowest BCUT2D eigenvalue weighted by Gasteiger charge is -2.30. The molecule has 2 heteroatoms. The first-order chi connectivity index (χ1) is 35.9. The fourth-order valence-electron chi connectivity index (χ4n) is 13.1. The average Bonchev–Trinajstić information content (AvgIpc) is 3.51. The molecular weight excluding hydrogens is 881 g/mol. The van der Waals surface area contributed by atoms with Gasteiger partial charge in [-0.25, -0.2) is 0 Å². The number of rotatable bonds is 4. The van der Waals surface area contributed by atoms with Crippen molar-refractivity contribution in [3.63, 3.8) is 0 Å². The topological polar surface area (TPSA) is 6.48 Å². The molecule has 2 aliphatic carbocycles. The fraction of sp³-hybridized carbons (Fsp3) is 0.127. The molecule has 0 fully saturated rings. The lowest BCUT2D eigenvalue weighted by Crippen LogP contribution is -2.17. The highest BCUT2D eigenvalue weighted by Gasteiger charge is 2.37. The lowest BCUT2D eigenvalue weighted by atomic mass is 9.81. The van der Waals surface area contributed by atoms with E-state index in [1.807, 2.05) is 0 Å². The molecule has 11 aromatic rings. The Morgan fingerprint density at radius 1 is 0.384 bits per heavy atom. The Labute approximate surface area is 427 Å². The summed E-state index contributed by atoms with van der Waals surface area (Å²) >= 11 is 0. The normalized spacial score (nSPS) is 15.2. The molecule has 73 heavy (non-hydrogen) atoms. The molecule has 0 radical (unpaired) electrons. The molecule has 0 saturated heterocycles. The molecule has 15 rings (SSSR count). The first-order valence-corrected chi connectivity index (χ1v) is 26.4. The summed E-state index contributed by atoms with van der Waals surface area (Å²) in [6, 6.07) is 74.2. The van der Waals surface area contributed by atoms with Crippen LogP contribution in [0.15, 0.2) is 200 Å². The van der Waals surface area contributed by atoms with Crippen LogP contribution in [0.4, 0.5) is 34.1 Å². The Morgan fingerprint density at radius 2 is 0.904 bits per heavy atom. The van der Waals surface area contributed by atoms with Crippen LogP contribution in [0, 0.1) is 0 Å². The third-order valence-electron chi connectivity index (χ3n) is 16.9. The van der Waals surface area contributed by atoms with Gasteiger partial charge < -0.3 is 9.80 Å². The predicted octanol–water partition coefficient (Wildman–Crippen LogP) is 18.9. The van der Waals surface area contributed by atoms with E-state index >= 15 is 0 Å². The molecule has 0 spiro atoms. The maximum atomic E-state index is 2.60. The van der Waals surface area contributed by atoms with Gasteiger partial charge in [-0.05, 0) is 210 Å². The van der Waals surface area contributed by atoms with Crippen molar-refractivity contribution in [3.8, 4) is 11.1 Å². The summed E-state index contributed by atoms with van der Waals surface area (Å²) in [4.78, 5) is 5.16. The predicted molar refractivity (Wildman–Crippen MR) is 311 cm³/mol. The summed E-state index contributed by atoms with van der Waals surface area (Å²) in [5.41, 5.74) is 23.7. The van der Waals surface area contributed by atoms with Crippen LogP contribution in [0.2, 0.25) is 0 Å². The highest BCUT2D eigenvalue weighted by atomic mass is 15.2. The number of benzene rings is 11. The van der Waals surface area contributed by atoms with Crippen molar-refractivity contribution in [1.82, 2.24) is 0 Å². The maximum Gasteiger partial charge on any atom is 0.0540 e. The number of allylic oxidation sites excluding steroid dienone is 1. The Kier molecular flexibility index (Phi) is 9.42. The molecule has 0 N–H and O–H groups in total. The number of anilines is 6. The number of fused-ring (bicyclic) bond motifs is 12. The van der Waals surface area contributed by atoms with Crippen molar-refractivity contribution in [2.45, 2.75) is 57.8 Å². The minimum atomic E-state index is -0.198. The lowest BCUT2D eigenvalue weighted by molar-refractivity contribution is 0.660. The van der Waals surface area contributed by atoms with Crippen molar-refractivity contribution in [3.05, 3.63) is 256 Å². The van der Waals surface area contributed by atoms with Gasteiger partial charge in [-0.3, -0.25) is 0 Å². The van der Waals surface area contributed by atoms with Crippen LogP contribution >= 0.6 is 0 Å². The molecule has 0 bridgehead atoms. The molecule has 0 unspecified atom stereocenters. The summed E-state index contributed by atoms with van der Waals surface area (Å²) < 4.78 is 0. The highest BCUT2D eigenvalue weighted by Crippen LogP contribution is 2.53. The molecular formula is C71H54N2. The van der Waals surface area contributed by atoms with Gasteiger partial charge in [0.1, 0.15) is 0 Å². The second kappa shape index (κ2) is 16.3. The number of hydrogen-bond donors (Lipinski definition) is 0. The molecule has 348 valence electrons. The van der Waals surface area contributed by atoms with Crippen LogP contribution in [0.3, 0.4) is 0 Å². The highest BCUT2D eigenvalue weighted by molar-refractivity contribution is 6.06. The number of aryl methyl sites for hydroxylation is 5. The fourth-order valence-corrected chi connectivity index (χ4v) is 13.1. The van der Waals surface area contributed by atoms with Gasteiger partial charge in [-0.1, -0.05) is 166 Å². The smallest absolute Gasteiger partial charge is 0.0540 e. The third kappa shape index (κ3) is 6.77. The second-order valence-corrected chi connectivity index (χ2v) is 21.5. The monoisotopic (exact) mass is 934 g/mol. The first kappa shape index (κ1) is 42.2. The van der Waals surface area contributed by atoms with E-state index < -0.39 is 0 Å². The zero-order chi connectivity index (χ0) is 48.4. The van der Waals surface area contributed by atoms with E-state index in [1.54, 1.807) is 0 Å². The van der Waals surface area contributed by atoms with Gasteiger partial charge in [0.15, 0.2) is 0 Å². The van der Waals surface area contributed by atoms with Crippen LogP contribution < -0.4 is 9.80 Å². The Balaban J connectivity index is 0.806.